The molecule has 1 aromatic carbocycles. The number of benzene rings is 1. The Labute approximate surface area is 144 Å². The summed E-state index contributed by atoms with van der Waals surface area (Å²) in [4.78, 5) is 15.0. The Morgan fingerprint density at radius 3 is 2.67 bits per heavy atom. The van der Waals surface area contributed by atoms with E-state index in [1.807, 2.05) is 17.0 Å². The molecule has 1 amide bonds. The molecule has 0 saturated carbocycles. The number of amides is 1. The van der Waals surface area contributed by atoms with Gasteiger partial charge in [0.2, 0.25) is 5.91 Å². The highest BCUT2D eigenvalue weighted by Crippen LogP contribution is 2.37. The lowest BCUT2D eigenvalue weighted by molar-refractivity contribution is -0.141. The van der Waals surface area contributed by atoms with E-state index in [1.165, 1.54) is 5.56 Å². The maximum absolute atomic E-state index is 13.1. The summed E-state index contributed by atoms with van der Waals surface area (Å²) in [7, 11) is 0. The Hall–Kier alpha value is -1.86. The number of aliphatic hydroxyl groups is 1. The Kier molecular flexibility index (Phi) is 5.20. The third-order valence-corrected chi connectivity index (χ3v) is 5.73. The minimum Gasteiger partial charge on any atom is -0.396 e. The van der Waals surface area contributed by atoms with Crippen molar-refractivity contribution in [2.45, 2.75) is 44.9 Å². The van der Waals surface area contributed by atoms with E-state index in [-0.39, 0.29) is 12.5 Å². The van der Waals surface area contributed by atoms with E-state index in [0.717, 1.165) is 50.8 Å². The average Bonchev–Trinajstić information content (AvgIpc) is 2.65. The van der Waals surface area contributed by atoms with E-state index < -0.39 is 5.41 Å². The smallest absolute Gasteiger partial charge is 0.243 e. The molecule has 1 saturated heterocycles. The first-order valence-corrected chi connectivity index (χ1v) is 9.07. The molecule has 0 aromatic heterocycles. The van der Waals surface area contributed by atoms with Gasteiger partial charge < -0.3 is 10.0 Å². The summed E-state index contributed by atoms with van der Waals surface area (Å²) in [5.41, 5.74) is 1.54. The first-order valence-electron chi connectivity index (χ1n) is 9.07. The molecule has 1 fully saturated rings. The number of carbonyl (C=O) groups excluding carboxylic acids is 1. The monoisotopic (exact) mass is 326 g/mol. The van der Waals surface area contributed by atoms with Crippen molar-refractivity contribution in [2.24, 2.45) is 11.3 Å². The van der Waals surface area contributed by atoms with Gasteiger partial charge in [-0.1, -0.05) is 24.3 Å². The van der Waals surface area contributed by atoms with Gasteiger partial charge in [-0.3, -0.25) is 4.79 Å². The summed E-state index contributed by atoms with van der Waals surface area (Å²) in [6.07, 6.45) is 5.84. The quantitative estimate of drug-likeness (QED) is 0.925. The summed E-state index contributed by atoms with van der Waals surface area (Å²) in [6, 6.07) is 10.5. The Morgan fingerprint density at radius 1 is 1.29 bits per heavy atom. The van der Waals surface area contributed by atoms with Crippen LogP contribution >= 0.6 is 0 Å². The highest BCUT2D eigenvalue weighted by Gasteiger charge is 2.44. The van der Waals surface area contributed by atoms with Gasteiger partial charge in [0.25, 0.3) is 0 Å². The van der Waals surface area contributed by atoms with Gasteiger partial charge >= 0.3 is 0 Å². The summed E-state index contributed by atoms with van der Waals surface area (Å²) in [5.74, 6) is 0.631. The zero-order chi connectivity index (χ0) is 17.0. The fourth-order valence-electron chi connectivity index (χ4n) is 4.17. The van der Waals surface area contributed by atoms with Crippen LogP contribution in [0.2, 0.25) is 0 Å². The van der Waals surface area contributed by atoms with Crippen LogP contribution in [0.15, 0.2) is 24.3 Å². The van der Waals surface area contributed by atoms with Gasteiger partial charge in [0.05, 0.1) is 6.07 Å². The summed E-state index contributed by atoms with van der Waals surface area (Å²) in [6.45, 7) is 1.75. The Morgan fingerprint density at radius 2 is 2.00 bits per heavy atom. The minimum atomic E-state index is -0.883. The fraction of sp³-hybridized carbons (Fsp3) is 0.600. The van der Waals surface area contributed by atoms with Crippen molar-refractivity contribution in [3.63, 3.8) is 0 Å². The molecule has 1 aliphatic heterocycles. The molecule has 24 heavy (non-hydrogen) atoms. The molecule has 128 valence electrons. The van der Waals surface area contributed by atoms with Gasteiger partial charge in [-0.2, -0.15) is 5.26 Å². The molecule has 1 aromatic rings. The third-order valence-electron chi connectivity index (χ3n) is 5.73. The number of carbonyl (C=O) groups is 1. The van der Waals surface area contributed by atoms with Gasteiger partial charge in [0, 0.05) is 26.1 Å². The van der Waals surface area contributed by atoms with E-state index >= 15 is 0 Å². The lowest BCUT2D eigenvalue weighted by Gasteiger charge is -2.39. The molecule has 1 heterocycles. The van der Waals surface area contributed by atoms with Crippen LogP contribution in [-0.2, 0) is 17.6 Å². The van der Waals surface area contributed by atoms with Crippen LogP contribution in [0.25, 0.3) is 0 Å². The predicted molar refractivity (Wildman–Crippen MR) is 92.1 cm³/mol. The van der Waals surface area contributed by atoms with E-state index in [4.69, 9.17) is 5.11 Å². The third kappa shape index (κ3) is 3.32. The maximum Gasteiger partial charge on any atom is 0.243 e. The molecular weight excluding hydrogens is 300 g/mol. The number of nitrogens with zero attached hydrogens (tertiary/aromatic N) is 2. The van der Waals surface area contributed by atoms with E-state index in [2.05, 4.69) is 18.2 Å². The molecule has 1 N–H and O–H groups in total. The van der Waals surface area contributed by atoms with Crippen LogP contribution in [0.5, 0.6) is 0 Å². The van der Waals surface area contributed by atoms with Crippen molar-refractivity contribution >= 4 is 5.91 Å². The first kappa shape index (κ1) is 17.0. The van der Waals surface area contributed by atoms with Crippen molar-refractivity contribution in [3.05, 3.63) is 35.4 Å². The van der Waals surface area contributed by atoms with Crippen molar-refractivity contribution in [1.82, 2.24) is 4.90 Å². The zero-order valence-electron chi connectivity index (χ0n) is 14.2. The van der Waals surface area contributed by atoms with Gasteiger partial charge in [0.1, 0.15) is 5.41 Å². The molecule has 1 aliphatic carbocycles. The highest BCUT2D eigenvalue weighted by molar-refractivity contribution is 5.86. The van der Waals surface area contributed by atoms with Crippen molar-refractivity contribution in [3.8, 4) is 6.07 Å². The van der Waals surface area contributed by atoms with Crippen LogP contribution in [0.3, 0.4) is 0 Å². The molecule has 2 aliphatic rings. The number of piperidine rings is 1. The van der Waals surface area contributed by atoms with Gasteiger partial charge in [-0.05, 0) is 55.6 Å². The van der Waals surface area contributed by atoms with Crippen LogP contribution < -0.4 is 0 Å². The number of likely N-dealkylation sites (tertiary alicyclic amines) is 1. The lowest BCUT2D eigenvalue weighted by Crippen LogP contribution is -2.49. The molecule has 4 heteroatoms. The summed E-state index contributed by atoms with van der Waals surface area (Å²) < 4.78 is 0. The number of nitriles is 1. The first-order chi connectivity index (χ1) is 11.7. The fourth-order valence-corrected chi connectivity index (χ4v) is 4.17. The molecule has 3 rings (SSSR count). The number of fused-ring (bicyclic) bond motifs is 1. The van der Waals surface area contributed by atoms with E-state index in [0.29, 0.717) is 18.8 Å². The Balaban J connectivity index is 1.67. The van der Waals surface area contributed by atoms with Crippen LogP contribution in [0.4, 0.5) is 0 Å². The number of aryl methyl sites for hydroxylation is 1. The minimum absolute atomic E-state index is 0.0279. The molecule has 0 bridgehead atoms. The normalized spacial score (nSPS) is 24.2. The average molecular weight is 326 g/mol. The zero-order valence-corrected chi connectivity index (χ0v) is 14.2. The summed E-state index contributed by atoms with van der Waals surface area (Å²) in [5, 5.41) is 18.8. The van der Waals surface area contributed by atoms with Crippen LogP contribution in [0.1, 0.15) is 43.2 Å². The van der Waals surface area contributed by atoms with E-state index in [9.17, 15) is 10.1 Å². The van der Waals surface area contributed by atoms with Gasteiger partial charge in [-0.25, -0.2) is 0 Å². The predicted octanol–water partition coefficient (Wildman–Crippen LogP) is 2.70. The standard InChI is InChI=1S/C20H26N2O2/c21-15-20(10-7-17-5-1-2-6-18(17)14-20)19(24)22-11-8-16(9-12-22)4-3-13-23/h1-2,5-6,16,23H,3-4,7-14H2. The van der Waals surface area contributed by atoms with Crippen LogP contribution in [-0.4, -0.2) is 35.6 Å². The number of aliphatic hydroxyl groups excluding tert-OH is 1. The largest absolute Gasteiger partial charge is 0.396 e. The van der Waals surface area contributed by atoms with Gasteiger partial charge in [-0.15, -0.1) is 0 Å². The second-order valence-electron chi connectivity index (χ2n) is 7.24. The summed E-state index contributed by atoms with van der Waals surface area (Å²) >= 11 is 0. The molecule has 1 unspecified atom stereocenters. The van der Waals surface area contributed by atoms with Crippen molar-refractivity contribution in [1.29, 1.82) is 5.26 Å². The molecule has 0 radical (unpaired) electrons. The van der Waals surface area contributed by atoms with Crippen molar-refractivity contribution < 1.29 is 9.90 Å². The highest BCUT2D eigenvalue weighted by atomic mass is 16.2. The van der Waals surface area contributed by atoms with Crippen molar-refractivity contribution in [2.75, 3.05) is 19.7 Å². The SMILES string of the molecule is N#CC1(C(=O)N2CCC(CCCO)CC2)CCc2ccccc2C1. The van der Waals surface area contributed by atoms with Crippen LogP contribution in [0, 0.1) is 22.7 Å². The number of rotatable bonds is 4. The lowest BCUT2D eigenvalue weighted by atomic mass is 9.71. The topological polar surface area (TPSA) is 64.3 Å². The Bertz CT molecular complexity index is 629. The number of hydrogen-bond acceptors (Lipinski definition) is 3. The molecular formula is C20H26N2O2. The molecule has 0 spiro atoms. The second-order valence-corrected chi connectivity index (χ2v) is 7.24. The molecule has 4 nitrogen and oxygen atoms in total. The van der Waals surface area contributed by atoms with E-state index in [1.54, 1.807) is 0 Å². The maximum atomic E-state index is 13.1. The molecule has 1 atom stereocenters. The number of hydrogen-bond donors (Lipinski definition) is 1. The second kappa shape index (κ2) is 7.36. The van der Waals surface area contributed by atoms with Gasteiger partial charge in [0.15, 0.2) is 0 Å².